The number of hydrogen-bond acceptors (Lipinski definition) is 6. The molecule has 8 nitrogen and oxygen atoms in total. The number of nitrogens with zero attached hydrogens (tertiary/aromatic N) is 3. The first-order valence-electron chi connectivity index (χ1n) is 12.4. The molecule has 0 unspecified atom stereocenters. The summed E-state index contributed by atoms with van der Waals surface area (Å²) in [6.45, 7) is 4.13. The van der Waals surface area contributed by atoms with Crippen molar-refractivity contribution >= 4 is 64.3 Å². The number of carbonyl (C=O) groups excluding carboxylic acids is 2. The summed E-state index contributed by atoms with van der Waals surface area (Å²) in [5.41, 5.74) is 4.48. The molecule has 2 aromatic heterocycles. The van der Waals surface area contributed by atoms with Crippen LogP contribution in [0.2, 0.25) is 0 Å². The lowest BCUT2D eigenvalue weighted by Crippen LogP contribution is -2.38. The Morgan fingerprint density at radius 3 is 2.59 bits per heavy atom. The van der Waals surface area contributed by atoms with Gasteiger partial charge in [0.15, 0.2) is 0 Å². The van der Waals surface area contributed by atoms with Crippen molar-refractivity contribution in [3.63, 3.8) is 0 Å². The Morgan fingerprint density at radius 1 is 1.08 bits per heavy atom. The summed E-state index contributed by atoms with van der Waals surface area (Å²) in [6, 6.07) is 15.2. The largest absolute Gasteiger partial charge is 0.383 e. The van der Waals surface area contributed by atoms with Gasteiger partial charge in [-0.2, -0.15) is 5.10 Å². The van der Waals surface area contributed by atoms with E-state index in [9.17, 15) is 9.59 Å². The number of aromatic nitrogens is 2. The van der Waals surface area contributed by atoms with Crippen LogP contribution in [0.25, 0.3) is 23.1 Å². The van der Waals surface area contributed by atoms with Gasteiger partial charge in [0.05, 0.1) is 22.7 Å². The number of carbonyl (C=O) groups is 2. The molecule has 2 amide bonds. The van der Waals surface area contributed by atoms with Crippen molar-refractivity contribution in [3.05, 3.63) is 81.2 Å². The van der Waals surface area contributed by atoms with Gasteiger partial charge in [-0.1, -0.05) is 30.3 Å². The van der Waals surface area contributed by atoms with Crippen molar-refractivity contribution in [2.75, 3.05) is 52.8 Å². The van der Waals surface area contributed by atoms with Gasteiger partial charge in [0.2, 0.25) is 0 Å². The molecule has 0 saturated carbocycles. The summed E-state index contributed by atoms with van der Waals surface area (Å²) in [5.74, 6) is -0.314. The topological polar surface area (TPSA) is 90.6 Å². The number of ether oxygens (including phenoxy) is 1. The Hall–Kier alpha value is -3.50. The third-order valence-corrected chi connectivity index (χ3v) is 7.22. The fraction of sp³-hybridized carbons (Fsp3) is 0.276. The summed E-state index contributed by atoms with van der Waals surface area (Å²) in [5, 5.41) is 13.4. The first-order chi connectivity index (χ1) is 18.4. The van der Waals surface area contributed by atoms with Crippen molar-refractivity contribution in [3.8, 4) is 0 Å². The molecule has 4 aromatic rings. The van der Waals surface area contributed by atoms with Crippen LogP contribution in [-0.2, 0) is 4.74 Å². The van der Waals surface area contributed by atoms with E-state index in [-0.39, 0.29) is 24.2 Å². The quantitative estimate of drug-likeness (QED) is 0.252. The molecule has 0 spiro atoms. The molecule has 2 heterocycles. The highest BCUT2D eigenvalue weighted by atomic mass is 35.5. The lowest BCUT2D eigenvalue weighted by atomic mass is 10.1. The number of aromatic amines is 1. The Bertz CT molecular complexity index is 1450. The number of methoxy groups -OCH3 is 1. The van der Waals surface area contributed by atoms with Crippen LogP contribution in [0.5, 0.6) is 0 Å². The van der Waals surface area contributed by atoms with Gasteiger partial charge in [0.25, 0.3) is 11.8 Å². The van der Waals surface area contributed by atoms with Crippen LogP contribution in [0.1, 0.15) is 36.9 Å². The monoisotopic (exact) mass is 567 g/mol. The van der Waals surface area contributed by atoms with Gasteiger partial charge in [-0.25, -0.2) is 0 Å². The van der Waals surface area contributed by atoms with Crippen molar-refractivity contribution in [1.29, 1.82) is 0 Å². The van der Waals surface area contributed by atoms with Crippen LogP contribution in [0.3, 0.4) is 0 Å². The third kappa shape index (κ3) is 7.54. The van der Waals surface area contributed by atoms with Crippen molar-refractivity contribution in [2.24, 2.45) is 0 Å². The first kappa shape index (κ1) is 30.0. The number of amides is 2. The van der Waals surface area contributed by atoms with Crippen LogP contribution in [0.4, 0.5) is 5.69 Å². The minimum atomic E-state index is -0.203. The number of halogens is 1. The van der Waals surface area contributed by atoms with E-state index in [1.165, 1.54) is 11.3 Å². The average molecular weight is 568 g/mol. The van der Waals surface area contributed by atoms with Gasteiger partial charge in [-0.05, 0) is 67.9 Å². The standard InChI is InChI=1S/C29H33N5O3S.ClH/c1-20-13-18-38-27(20)28(35)30-26-19-22(29(36)34(16-17-37-4)15-14-33(2)3)10-9-21(26)11-12-25-23-7-5-6-8-24(23)31-32-25;/h5-13,18-19H,14-17H2,1-4H3,(H,30,35)(H,31,32);1H/b12-11+;. The first-order valence-corrected chi connectivity index (χ1v) is 13.3. The molecular weight excluding hydrogens is 534 g/mol. The Morgan fingerprint density at radius 2 is 1.87 bits per heavy atom. The van der Waals surface area contributed by atoms with Crippen molar-refractivity contribution < 1.29 is 14.3 Å². The van der Waals surface area contributed by atoms with Crippen LogP contribution in [0.15, 0.2) is 53.9 Å². The lowest BCUT2D eigenvalue weighted by Gasteiger charge is -2.24. The number of rotatable bonds is 11. The second-order valence-electron chi connectivity index (χ2n) is 9.26. The number of H-pyrrole nitrogens is 1. The molecule has 0 saturated heterocycles. The fourth-order valence-electron chi connectivity index (χ4n) is 4.03. The summed E-state index contributed by atoms with van der Waals surface area (Å²) >= 11 is 1.39. The molecular formula is C29H34ClN5O3S. The van der Waals surface area contributed by atoms with E-state index < -0.39 is 0 Å². The number of nitrogens with one attached hydrogen (secondary N) is 2. The highest BCUT2D eigenvalue weighted by Gasteiger charge is 2.19. The zero-order chi connectivity index (χ0) is 27.1. The smallest absolute Gasteiger partial charge is 0.266 e. The molecule has 0 aliphatic heterocycles. The number of aryl methyl sites for hydroxylation is 1. The molecule has 0 radical (unpaired) electrons. The molecule has 0 aliphatic carbocycles. The maximum Gasteiger partial charge on any atom is 0.266 e. The number of fused-ring (bicyclic) bond motifs is 1. The number of benzene rings is 2. The zero-order valence-electron chi connectivity index (χ0n) is 22.6. The highest BCUT2D eigenvalue weighted by molar-refractivity contribution is 7.12. The highest BCUT2D eigenvalue weighted by Crippen LogP contribution is 2.25. The van der Waals surface area contributed by atoms with Gasteiger partial charge in [-0.3, -0.25) is 14.7 Å². The molecule has 0 bridgehead atoms. The second-order valence-corrected chi connectivity index (χ2v) is 10.2. The summed E-state index contributed by atoms with van der Waals surface area (Å²) < 4.78 is 5.23. The van der Waals surface area contributed by atoms with E-state index >= 15 is 0 Å². The Balaban J connectivity index is 0.00000420. The van der Waals surface area contributed by atoms with E-state index in [1.807, 2.05) is 79.8 Å². The number of hydrogen-bond donors (Lipinski definition) is 2. The van der Waals surface area contributed by atoms with Gasteiger partial charge in [0.1, 0.15) is 0 Å². The Labute approximate surface area is 239 Å². The molecule has 2 aromatic carbocycles. The maximum atomic E-state index is 13.5. The second kappa shape index (κ2) is 14.0. The molecule has 4 rings (SSSR count). The molecule has 10 heteroatoms. The predicted octanol–water partition coefficient (Wildman–Crippen LogP) is 5.43. The normalized spacial score (nSPS) is 11.2. The summed E-state index contributed by atoms with van der Waals surface area (Å²) in [7, 11) is 5.57. The van der Waals surface area contributed by atoms with Crippen molar-refractivity contribution in [1.82, 2.24) is 20.0 Å². The molecule has 206 valence electrons. The van der Waals surface area contributed by atoms with Gasteiger partial charge in [-0.15, -0.1) is 23.7 Å². The van der Waals surface area contributed by atoms with E-state index in [4.69, 9.17) is 4.74 Å². The van der Waals surface area contributed by atoms with Gasteiger partial charge >= 0.3 is 0 Å². The maximum absolute atomic E-state index is 13.5. The SMILES string of the molecule is COCCN(CCN(C)C)C(=O)c1ccc(/C=C/c2n[nH]c3ccccc23)c(NC(=O)c2sccc2C)c1.Cl. The van der Waals surface area contributed by atoms with Crippen LogP contribution < -0.4 is 5.32 Å². The molecule has 0 fully saturated rings. The lowest BCUT2D eigenvalue weighted by molar-refractivity contribution is 0.0683. The Kier molecular flexibility index (Phi) is 10.8. The zero-order valence-corrected chi connectivity index (χ0v) is 24.2. The molecule has 2 N–H and O–H groups in total. The minimum absolute atomic E-state index is 0. The average Bonchev–Trinajstić information content (AvgIpc) is 3.53. The fourth-order valence-corrected chi connectivity index (χ4v) is 4.85. The molecule has 39 heavy (non-hydrogen) atoms. The van der Waals surface area contributed by atoms with Crippen molar-refractivity contribution in [2.45, 2.75) is 6.92 Å². The molecule has 0 atom stereocenters. The van der Waals surface area contributed by atoms with E-state index in [0.717, 1.165) is 34.3 Å². The van der Waals surface area contributed by atoms with E-state index in [1.54, 1.807) is 24.1 Å². The third-order valence-electron chi connectivity index (χ3n) is 6.21. The minimum Gasteiger partial charge on any atom is -0.383 e. The van der Waals surface area contributed by atoms with Crippen LogP contribution >= 0.6 is 23.7 Å². The van der Waals surface area contributed by atoms with Crippen LogP contribution in [0, 0.1) is 6.92 Å². The number of likely N-dealkylation sites (N-methyl/N-ethyl adjacent to an activating group) is 1. The summed E-state index contributed by atoms with van der Waals surface area (Å²) in [4.78, 5) is 31.1. The van der Waals surface area contributed by atoms with Crippen LogP contribution in [-0.4, -0.2) is 79.3 Å². The van der Waals surface area contributed by atoms with E-state index in [2.05, 4.69) is 15.5 Å². The van der Waals surface area contributed by atoms with E-state index in [0.29, 0.717) is 35.8 Å². The predicted molar refractivity (Wildman–Crippen MR) is 162 cm³/mol. The van der Waals surface area contributed by atoms with Gasteiger partial charge < -0.3 is 19.9 Å². The van der Waals surface area contributed by atoms with Gasteiger partial charge in [0, 0.05) is 43.4 Å². The number of thiophene rings is 1. The number of para-hydroxylation sites is 1. The summed E-state index contributed by atoms with van der Waals surface area (Å²) in [6.07, 6.45) is 3.81. The number of anilines is 1. The molecule has 0 aliphatic rings.